The third-order valence-corrected chi connectivity index (χ3v) is 1.99. The normalized spacial score (nSPS) is 9.76. The number of methoxy groups -OCH3 is 1. The smallest absolute Gasteiger partial charge is 0.325 e. The molecule has 0 unspecified atom stereocenters. The zero-order valence-electron chi connectivity index (χ0n) is 9.27. The van der Waals surface area contributed by atoms with Gasteiger partial charge in [-0.2, -0.15) is 0 Å². The molecule has 0 bridgehead atoms. The average Bonchev–Trinajstić information content (AvgIpc) is 2.28. The molecule has 0 radical (unpaired) electrons. The van der Waals surface area contributed by atoms with Crippen molar-refractivity contribution in [3.05, 3.63) is 32.6 Å². The molecule has 2 N–H and O–H groups in total. The molecule has 0 fully saturated rings. The zero-order valence-corrected chi connectivity index (χ0v) is 9.27. The van der Waals surface area contributed by atoms with E-state index >= 15 is 0 Å². The quantitative estimate of drug-likeness (QED) is 0.613. The molecule has 0 aliphatic carbocycles. The average molecular weight is 241 g/mol. The first-order chi connectivity index (χ1) is 7.95. The van der Waals surface area contributed by atoms with Crippen LogP contribution in [0.4, 0.5) is 0 Å². The van der Waals surface area contributed by atoms with E-state index < -0.39 is 23.1 Å². The Bertz CT molecular complexity index is 544. The maximum atomic E-state index is 11.7. The van der Waals surface area contributed by atoms with Crippen LogP contribution in [0.25, 0.3) is 0 Å². The molecule has 0 atom stereocenters. The van der Waals surface area contributed by atoms with Crippen LogP contribution < -0.4 is 11.2 Å². The van der Waals surface area contributed by atoms with Crippen LogP contribution in [0, 0.1) is 0 Å². The van der Waals surface area contributed by atoms with Crippen LogP contribution in [-0.4, -0.2) is 47.4 Å². The second-order valence-corrected chi connectivity index (χ2v) is 3.22. The minimum atomic E-state index is -0.810. The van der Waals surface area contributed by atoms with Gasteiger partial charge in [0.15, 0.2) is 0 Å². The van der Waals surface area contributed by atoms with Gasteiger partial charge in [-0.1, -0.05) is 0 Å². The van der Waals surface area contributed by atoms with Crippen LogP contribution in [0.15, 0.2) is 15.8 Å². The summed E-state index contributed by atoms with van der Waals surface area (Å²) in [6.45, 7) is -0.284. The first-order valence-electron chi connectivity index (χ1n) is 4.60. The fourth-order valence-corrected chi connectivity index (χ4v) is 1.10. The van der Waals surface area contributed by atoms with Gasteiger partial charge in [-0.05, 0) is 0 Å². The van der Waals surface area contributed by atoms with Crippen molar-refractivity contribution in [3.63, 3.8) is 0 Å². The number of nitrogens with one attached hydrogen (secondary N) is 2. The third kappa shape index (κ3) is 3.03. The molecule has 0 spiro atoms. The SMILES string of the molecule is COC(=O)CN(C)C(=O)c1c[nH]c(=O)[nH]c1=O. The highest BCUT2D eigenvalue weighted by atomic mass is 16.5. The highest BCUT2D eigenvalue weighted by Gasteiger charge is 2.18. The van der Waals surface area contributed by atoms with Crippen molar-refractivity contribution in [2.75, 3.05) is 20.7 Å². The Morgan fingerprint density at radius 2 is 2.06 bits per heavy atom. The zero-order chi connectivity index (χ0) is 13.0. The maximum Gasteiger partial charge on any atom is 0.325 e. The fraction of sp³-hybridized carbons (Fsp3) is 0.333. The van der Waals surface area contributed by atoms with E-state index in [1.807, 2.05) is 4.98 Å². The van der Waals surface area contributed by atoms with Crippen LogP contribution in [-0.2, 0) is 9.53 Å². The Morgan fingerprint density at radius 3 is 2.59 bits per heavy atom. The summed E-state index contributed by atoms with van der Waals surface area (Å²) in [4.78, 5) is 49.8. The van der Waals surface area contributed by atoms with Gasteiger partial charge < -0.3 is 14.6 Å². The van der Waals surface area contributed by atoms with Gasteiger partial charge in [-0.25, -0.2) is 4.79 Å². The van der Waals surface area contributed by atoms with E-state index in [0.29, 0.717) is 0 Å². The van der Waals surface area contributed by atoms with Gasteiger partial charge in [0, 0.05) is 13.2 Å². The van der Waals surface area contributed by atoms with Crippen LogP contribution in [0.5, 0.6) is 0 Å². The highest BCUT2D eigenvalue weighted by Crippen LogP contribution is 1.94. The second-order valence-electron chi connectivity index (χ2n) is 3.22. The molecule has 0 aromatic carbocycles. The van der Waals surface area contributed by atoms with Crippen LogP contribution in [0.3, 0.4) is 0 Å². The molecule has 1 aromatic heterocycles. The highest BCUT2D eigenvalue weighted by molar-refractivity contribution is 5.95. The molecule has 0 saturated carbocycles. The third-order valence-electron chi connectivity index (χ3n) is 1.99. The van der Waals surface area contributed by atoms with Crippen molar-refractivity contribution in [1.82, 2.24) is 14.9 Å². The Morgan fingerprint density at radius 1 is 1.41 bits per heavy atom. The van der Waals surface area contributed by atoms with Crippen molar-refractivity contribution < 1.29 is 14.3 Å². The first-order valence-corrected chi connectivity index (χ1v) is 4.60. The van der Waals surface area contributed by atoms with Gasteiger partial charge in [0.2, 0.25) is 0 Å². The molecule has 1 rings (SSSR count). The predicted octanol–water partition coefficient (Wildman–Crippen LogP) is -1.69. The predicted molar refractivity (Wildman–Crippen MR) is 56.7 cm³/mol. The van der Waals surface area contributed by atoms with Crippen molar-refractivity contribution in [2.45, 2.75) is 0 Å². The molecule has 92 valence electrons. The molecule has 8 nitrogen and oxygen atoms in total. The monoisotopic (exact) mass is 241 g/mol. The number of hydrogen-bond donors (Lipinski definition) is 2. The summed E-state index contributed by atoms with van der Waals surface area (Å²) in [5.41, 5.74) is -1.77. The summed E-state index contributed by atoms with van der Waals surface area (Å²) in [7, 11) is 2.53. The summed E-state index contributed by atoms with van der Waals surface area (Å²) < 4.78 is 4.38. The number of rotatable bonds is 3. The molecule has 0 saturated heterocycles. The number of amides is 1. The van der Waals surface area contributed by atoms with E-state index in [9.17, 15) is 19.2 Å². The molecular weight excluding hydrogens is 230 g/mol. The van der Waals surface area contributed by atoms with Gasteiger partial charge in [0.1, 0.15) is 12.1 Å². The number of H-pyrrole nitrogens is 2. The van der Waals surface area contributed by atoms with Crippen molar-refractivity contribution >= 4 is 11.9 Å². The molecule has 0 aliphatic heterocycles. The molecule has 1 aromatic rings. The standard InChI is InChI=1S/C9H11N3O5/c1-12(4-6(13)17-2)8(15)5-3-10-9(16)11-7(5)14/h3H,4H2,1-2H3,(H2,10,11,14,16). The topological polar surface area (TPSA) is 112 Å². The number of esters is 1. The lowest BCUT2D eigenvalue weighted by molar-refractivity contribution is -0.141. The van der Waals surface area contributed by atoms with E-state index in [-0.39, 0.29) is 12.1 Å². The minimum absolute atomic E-state index is 0.254. The number of carbonyl (C=O) groups excluding carboxylic acids is 2. The lowest BCUT2D eigenvalue weighted by Crippen LogP contribution is -2.37. The van der Waals surface area contributed by atoms with Crippen LogP contribution >= 0.6 is 0 Å². The van der Waals surface area contributed by atoms with E-state index in [4.69, 9.17) is 0 Å². The summed E-state index contributed by atoms with van der Waals surface area (Å²) in [5, 5.41) is 0. The van der Waals surface area contributed by atoms with Crippen molar-refractivity contribution in [2.24, 2.45) is 0 Å². The minimum Gasteiger partial charge on any atom is -0.468 e. The van der Waals surface area contributed by atoms with E-state index in [2.05, 4.69) is 9.72 Å². The van der Waals surface area contributed by atoms with Crippen molar-refractivity contribution in [3.8, 4) is 0 Å². The van der Waals surface area contributed by atoms with Crippen molar-refractivity contribution in [1.29, 1.82) is 0 Å². The van der Waals surface area contributed by atoms with E-state index in [0.717, 1.165) is 11.1 Å². The number of hydrogen-bond acceptors (Lipinski definition) is 5. The number of aromatic amines is 2. The Labute approximate surface area is 95.2 Å². The second kappa shape index (κ2) is 5.10. The summed E-state index contributed by atoms with van der Waals surface area (Å²) >= 11 is 0. The number of ether oxygens (including phenoxy) is 1. The van der Waals surface area contributed by atoms with E-state index in [1.54, 1.807) is 0 Å². The molecule has 1 amide bonds. The summed E-state index contributed by atoms with van der Waals surface area (Å²) in [6.07, 6.45) is 0.997. The molecule has 17 heavy (non-hydrogen) atoms. The molecular formula is C9H11N3O5. The van der Waals surface area contributed by atoms with Gasteiger partial charge in [-0.15, -0.1) is 0 Å². The Balaban J connectivity index is 2.93. The van der Waals surface area contributed by atoms with Gasteiger partial charge in [0.25, 0.3) is 11.5 Å². The number of carbonyl (C=O) groups is 2. The lowest BCUT2D eigenvalue weighted by atomic mass is 10.3. The van der Waals surface area contributed by atoms with Gasteiger partial charge >= 0.3 is 11.7 Å². The van der Waals surface area contributed by atoms with Crippen LogP contribution in [0.2, 0.25) is 0 Å². The maximum absolute atomic E-state index is 11.7. The van der Waals surface area contributed by atoms with Gasteiger partial charge in [0.05, 0.1) is 7.11 Å². The molecule has 8 heteroatoms. The summed E-state index contributed by atoms with van der Waals surface area (Å²) in [6, 6.07) is 0. The first kappa shape index (κ1) is 12.7. The molecule has 0 aliphatic rings. The Kier molecular flexibility index (Phi) is 3.81. The summed E-state index contributed by atoms with van der Waals surface area (Å²) in [5.74, 6) is -1.30. The Hall–Kier alpha value is -2.38. The lowest BCUT2D eigenvalue weighted by Gasteiger charge is -2.14. The molecule has 1 heterocycles. The number of aromatic nitrogens is 2. The van der Waals surface area contributed by atoms with Gasteiger partial charge in [-0.3, -0.25) is 19.4 Å². The number of likely N-dealkylation sites (N-methyl/N-ethyl adjacent to an activating group) is 1. The largest absolute Gasteiger partial charge is 0.468 e. The van der Waals surface area contributed by atoms with E-state index in [1.165, 1.54) is 14.2 Å². The van der Waals surface area contributed by atoms with Crippen LogP contribution in [0.1, 0.15) is 10.4 Å². The fourth-order valence-electron chi connectivity index (χ4n) is 1.10. The number of nitrogens with zero attached hydrogens (tertiary/aromatic N) is 1.